The van der Waals surface area contributed by atoms with Gasteiger partial charge >= 0.3 is 6.09 Å². The molecule has 1 saturated heterocycles. The van der Waals surface area contributed by atoms with Crippen LogP contribution < -0.4 is 0 Å². The molecule has 1 fully saturated rings. The third-order valence-corrected chi connectivity index (χ3v) is 2.68. The number of nitriles is 1. The number of methoxy groups -OCH3 is 1. The van der Waals surface area contributed by atoms with Crippen molar-refractivity contribution < 1.29 is 9.53 Å². The van der Waals surface area contributed by atoms with E-state index in [0.29, 0.717) is 18.9 Å². The Morgan fingerprint density at radius 1 is 1.77 bits per heavy atom. The summed E-state index contributed by atoms with van der Waals surface area (Å²) in [5, 5.41) is 8.54. The van der Waals surface area contributed by atoms with Crippen LogP contribution in [-0.4, -0.2) is 30.7 Å². The van der Waals surface area contributed by atoms with Gasteiger partial charge in [-0.2, -0.15) is 5.26 Å². The molecule has 1 rings (SSSR count). The van der Waals surface area contributed by atoms with Gasteiger partial charge in [0.25, 0.3) is 0 Å². The molecule has 1 aliphatic rings. The minimum absolute atomic E-state index is 0.132. The lowest BCUT2D eigenvalue weighted by molar-refractivity contribution is 0.118. The van der Waals surface area contributed by atoms with Gasteiger partial charge in [-0.1, -0.05) is 0 Å². The van der Waals surface area contributed by atoms with E-state index in [1.54, 1.807) is 4.90 Å². The van der Waals surface area contributed by atoms with E-state index in [2.05, 4.69) is 10.8 Å². The number of ether oxygens (including phenoxy) is 1. The average molecular weight is 182 g/mol. The maximum atomic E-state index is 11.2. The van der Waals surface area contributed by atoms with Gasteiger partial charge in [0.05, 0.1) is 13.2 Å². The van der Waals surface area contributed by atoms with Gasteiger partial charge in [-0.25, -0.2) is 4.79 Å². The molecule has 13 heavy (non-hydrogen) atoms. The van der Waals surface area contributed by atoms with Gasteiger partial charge < -0.3 is 9.64 Å². The Bertz CT molecular complexity index is 234. The van der Waals surface area contributed by atoms with Crippen molar-refractivity contribution in [2.24, 2.45) is 5.92 Å². The highest BCUT2D eigenvalue weighted by Crippen LogP contribution is 2.26. The number of carbonyl (C=O) groups is 1. The van der Waals surface area contributed by atoms with E-state index < -0.39 is 0 Å². The van der Waals surface area contributed by atoms with Crippen molar-refractivity contribution >= 4 is 6.09 Å². The van der Waals surface area contributed by atoms with Gasteiger partial charge in [-0.15, -0.1) is 0 Å². The zero-order valence-electron chi connectivity index (χ0n) is 7.99. The van der Waals surface area contributed by atoms with Gasteiger partial charge in [0.2, 0.25) is 0 Å². The lowest BCUT2D eigenvalue weighted by Crippen LogP contribution is -2.35. The first-order valence-electron chi connectivity index (χ1n) is 4.42. The van der Waals surface area contributed by atoms with Crippen molar-refractivity contribution in [3.05, 3.63) is 0 Å². The highest BCUT2D eigenvalue weighted by atomic mass is 16.5. The fourth-order valence-corrected chi connectivity index (χ4v) is 1.77. The number of amides is 1. The summed E-state index contributed by atoms with van der Waals surface area (Å²) >= 11 is 0. The molecule has 0 aliphatic carbocycles. The molecule has 0 aromatic heterocycles. The molecule has 0 aromatic carbocycles. The average Bonchev–Trinajstić information content (AvgIpc) is 2.48. The fourth-order valence-electron chi connectivity index (χ4n) is 1.77. The van der Waals surface area contributed by atoms with Crippen molar-refractivity contribution in [2.45, 2.75) is 25.8 Å². The second-order valence-corrected chi connectivity index (χ2v) is 3.32. The highest BCUT2D eigenvalue weighted by molar-refractivity contribution is 5.68. The van der Waals surface area contributed by atoms with Crippen LogP contribution in [0.2, 0.25) is 0 Å². The Labute approximate surface area is 78.1 Å². The van der Waals surface area contributed by atoms with E-state index in [-0.39, 0.29) is 12.1 Å². The van der Waals surface area contributed by atoms with Gasteiger partial charge in [-0.05, 0) is 19.3 Å². The Kier molecular flexibility index (Phi) is 3.13. The van der Waals surface area contributed by atoms with Crippen LogP contribution >= 0.6 is 0 Å². The molecule has 0 bridgehead atoms. The van der Waals surface area contributed by atoms with Gasteiger partial charge in [0.15, 0.2) is 0 Å². The number of likely N-dealkylation sites (tertiary alicyclic amines) is 1. The van der Waals surface area contributed by atoms with E-state index in [4.69, 9.17) is 5.26 Å². The lowest BCUT2D eigenvalue weighted by atomic mass is 9.99. The summed E-state index contributed by atoms with van der Waals surface area (Å²) in [4.78, 5) is 12.9. The normalized spacial score (nSPS) is 27.0. The smallest absolute Gasteiger partial charge is 0.409 e. The molecule has 0 N–H and O–H groups in total. The summed E-state index contributed by atoms with van der Waals surface area (Å²) < 4.78 is 4.64. The summed E-state index contributed by atoms with van der Waals surface area (Å²) in [5.74, 6) is 0.309. The number of hydrogen-bond acceptors (Lipinski definition) is 3. The Balaban J connectivity index is 2.55. The summed E-state index contributed by atoms with van der Waals surface area (Å²) in [6, 6.07) is 2.27. The number of rotatable bonds is 1. The summed E-state index contributed by atoms with van der Waals surface area (Å²) in [7, 11) is 1.38. The SMILES string of the molecule is COC(=O)N1CCC(CC#N)C1C. The molecule has 4 nitrogen and oxygen atoms in total. The minimum atomic E-state index is -0.284. The van der Waals surface area contributed by atoms with Crippen LogP contribution in [0.1, 0.15) is 19.8 Å². The van der Waals surface area contributed by atoms with Crippen LogP contribution in [0.4, 0.5) is 4.79 Å². The third-order valence-electron chi connectivity index (χ3n) is 2.68. The van der Waals surface area contributed by atoms with Gasteiger partial charge in [-0.3, -0.25) is 0 Å². The summed E-state index contributed by atoms with van der Waals surface area (Å²) in [6.45, 7) is 2.67. The Morgan fingerprint density at radius 2 is 2.46 bits per heavy atom. The van der Waals surface area contributed by atoms with E-state index in [1.807, 2.05) is 6.92 Å². The van der Waals surface area contributed by atoms with Crippen molar-refractivity contribution in [3.63, 3.8) is 0 Å². The zero-order valence-corrected chi connectivity index (χ0v) is 7.99. The van der Waals surface area contributed by atoms with Crippen LogP contribution in [0, 0.1) is 17.2 Å². The van der Waals surface area contributed by atoms with E-state index in [0.717, 1.165) is 6.42 Å². The second kappa shape index (κ2) is 4.13. The van der Waals surface area contributed by atoms with Crippen LogP contribution in [0.5, 0.6) is 0 Å². The van der Waals surface area contributed by atoms with E-state index in [1.165, 1.54) is 7.11 Å². The third kappa shape index (κ3) is 1.92. The Morgan fingerprint density at radius 3 is 3.00 bits per heavy atom. The largest absolute Gasteiger partial charge is 0.453 e. The molecule has 0 aromatic rings. The highest BCUT2D eigenvalue weighted by Gasteiger charge is 2.33. The van der Waals surface area contributed by atoms with Crippen molar-refractivity contribution in [1.29, 1.82) is 5.26 Å². The molecular formula is C9H14N2O2. The second-order valence-electron chi connectivity index (χ2n) is 3.32. The predicted octanol–water partition coefficient (Wildman–Crippen LogP) is 1.38. The Hall–Kier alpha value is -1.24. The summed E-state index contributed by atoms with van der Waals surface area (Å²) in [5.41, 5.74) is 0. The van der Waals surface area contributed by atoms with Crippen molar-refractivity contribution in [3.8, 4) is 6.07 Å². The van der Waals surface area contributed by atoms with Crippen LogP contribution in [-0.2, 0) is 4.74 Å². The molecule has 1 amide bonds. The first-order chi connectivity index (χ1) is 6.20. The molecule has 2 atom stereocenters. The monoisotopic (exact) mass is 182 g/mol. The van der Waals surface area contributed by atoms with Gasteiger partial charge in [0, 0.05) is 19.0 Å². The van der Waals surface area contributed by atoms with Crippen molar-refractivity contribution in [1.82, 2.24) is 4.90 Å². The van der Waals surface area contributed by atoms with Crippen molar-refractivity contribution in [2.75, 3.05) is 13.7 Å². The predicted molar refractivity (Wildman–Crippen MR) is 46.9 cm³/mol. The topological polar surface area (TPSA) is 53.3 Å². The van der Waals surface area contributed by atoms with Crippen LogP contribution in [0.25, 0.3) is 0 Å². The maximum absolute atomic E-state index is 11.2. The van der Waals surface area contributed by atoms with Crippen LogP contribution in [0.15, 0.2) is 0 Å². The quantitative estimate of drug-likeness (QED) is 0.615. The molecule has 1 aliphatic heterocycles. The zero-order chi connectivity index (χ0) is 9.84. The number of carbonyl (C=O) groups excluding carboxylic acids is 1. The van der Waals surface area contributed by atoms with Gasteiger partial charge in [0.1, 0.15) is 0 Å². The fraction of sp³-hybridized carbons (Fsp3) is 0.778. The molecule has 0 spiro atoms. The lowest BCUT2D eigenvalue weighted by Gasteiger charge is -2.22. The van der Waals surface area contributed by atoms with E-state index in [9.17, 15) is 4.79 Å². The molecule has 2 unspecified atom stereocenters. The molecule has 72 valence electrons. The molecule has 1 heterocycles. The summed E-state index contributed by atoms with van der Waals surface area (Å²) in [6.07, 6.45) is 1.14. The number of nitrogens with zero attached hydrogens (tertiary/aromatic N) is 2. The molecular weight excluding hydrogens is 168 g/mol. The minimum Gasteiger partial charge on any atom is -0.453 e. The molecule has 0 saturated carbocycles. The first kappa shape index (κ1) is 9.85. The van der Waals surface area contributed by atoms with E-state index >= 15 is 0 Å². The van der Waals surface area contributed by atoms with Crippen LogP contribution in [0.3, 0.4) is 0 Å². The molecule has 0 radical (unpaired) electrons. The first-order valence-corrected chi connectivity index (χ1v) is 4.42. The number of hydrogen-bond donors (Lipinski definition) is 0. The maximum Gasteiger partial charge on any atom is 0.409 e. The standard InChI is InChI=1S/C9H14N2O2/c1-7-8(3-5-10)4-6-11(7)9(12)13-2/h7-8H,3-4,6H2,1-2H3. The molecule has 4 heteroatoms.